The lowest BCUT2D eigenvalue weighted by molar-refractivity contribution is 0.583. The summed E-state index contributed by atoms with van der Waals surface area (Å²) in [5.74, 6) is 0. The summed E-state index contributed by atoms with van der Waals surface area (Å²) >= 11 is 0. The Bertz CT molecular complexity index is 1920. The monoisotopic (exact) mass is 674 g/mol. The second-order valence-corrected chi connectivity index (χ2v) is 13.8. The minimum Gasteiger partial charge on any atom is -0.377 e. The first-order valence-corrected chi connectivity index (χ1v) is 17.1. The van der Waals surface area contributed by atoms with E-state index in [0.29, 0.717) is 23.9 Å². The van der Waals surface area contributed by atoms with Gasteiger partial charge in [-0.15, -0.1) is 0 Å². The van der Waals surface area contributed by atoms with Gasteiger partial charge in [0.15, 0.2) is 0 Å². The lowest BCUT2D eigenvalue weighted by Gasteiger charge is -2.17. The zero-order valence-electron chi connectivity index (χ0n) is 25.2. The number of halogens is 1. The fourth-order valence-corrected chi connectivity index (χ4v) is 6.54. The molecule has 4 aromatic rings. The molecule has 0 aliphatic heterocycles. The third kappa shape index (κ3) is 10.4. The number of nitrogens with one attached hydrogen (secondary N) is 1. The third-order valence-corrected chi connectivity index (χ3v) is 8.99. The summed E-state index contributed by atoms with van der Waals surface area (Å²) in [5.41, 5.74) is 22.7. The Labute approximate surface area is 267 Å². The Balaban J connectivity index is 0.000000272. The van der Waals surface area contributed by atoms with Crippen molar-refractivity contribution in [3.8, 4) is 0 Å². The van der Waals surface area contributed by atoms with Crippen molar-refractivity contribution in [3.05, 3.63) is 93.7 Å². The lowest BCUT2D eigenvalue weighted by Crippen LogP contribution is -2.26. The predicted octanol–water partition coefficient (Wildman–Crippen LogP) is 5.58. The van der Waals surface area contributed by atoms with E-state index >= 15 is 0 Å². The van der Waals surface area contributed by atoms with Crippen LogP contribution in [0.2, 0.25) is 0 Å². The first-order valence-electron chi connectivity index (χ1n) is 13.3. The Morgan fingerprint density at radius 2 is 1.13 bits per heavy atom. The van der Waals surface area contributed by atoms with Gasteiger partial charge in [0.25, 0.3) is 9.05 Å². The number of anilines is 2. The molecule has 45 heavy (non-hydrogen) atoms. The predicted molar refractivity (Wildman–Crippen MR) is 182 cm³/mol. The maximum atomic E-state index is 12.4. The molecule has 14 nitrogen and oxygen atoms in total. The number of rotatable bonds is 10. The molecule has 0 saturated carbocycles. The molecule has 0 radical (unpaired) electrons. The van der Waals surface area contributed by atoms with Crippen molar-refractivity contribution in [1.82, 2.24) is 4.72 Å². The molecule has 0 unspecified atom stereocenters. The number of hydrogen-bond acceptors (Lipinski definition) is 9. The number of sulfonamides is 1. The van der Waals surface area contributed by atoms with Gasteiger partial charge in [-0.2, -0.15) is 0 Å². The quantitative estimate of drug-likeness (QED) is 0.0715. The maximum absolute atomic E-state index is 12.4. The number of fused-ring (bicyclic) bond motifs is 2. The SMILES string of the molecule is CN(C)c1cccc2c(S(=O)(=O)Cl)cccc12.CN(C)c1cccc2c(S(=O)(=O)NCCN=[N+]=[N-])cccc12.[N-]=[N+]=NCCN. The van der Waals surface area contributed by atoms with E-state index in [1.807, 2.05) is 74.4 Å². The van der Waals surface area contributed by atoms with E-state index in [-0.39, 0.29) is 22.9 Å². The maximum Gasteiger partial charge on any atom is 0.261 e. The first-order chi connectivity index (χ1) is 21.3. The number of azide groups is 2. The Morgan fingerprint density at radius 1 is 0.711 bits per heavy atom. The molecule has 0 aliphatic rings. The molecule has 0 saturated heterocycles. The van der Waals surface area contributed by atoms with Gasteiger partial charge >= 0.3 is 0 Å². The summed E-state index contributed by atoms with van der Waals surface area (Å²) < 4.78 is 50.3. The zero-order valence-corrected chi connectivity index (χ0v) is 27.6. The zero-order chi connectivity index (χ0) is 33.6. The normalized spacial score (nSPS) is 10.8. The van der Waals surface area contributed by atoms with Crippen LogP contribution < -0.4 is 20.3 Å². The van der Waals surface area contributed by atoms with E-state index in [9.17, 15) is 16.8 Å². The van der Waals surface area contributed by atoms with Gasteiger partial charge in [-0.05, 0) is 41.9 Å². The number of benzene rings is 4. The van der Waals surface area contributed by atoms with Crippen molar-refractivity contribution in [2.24, 2.45) is 16.0 Å². The van der Waals surface area contributed by atoms with Crippen LogP contribution in [0.15, 0.2) is 92.8 Å². The standard InChI is InChI=1S/C14H17N5O2S.C12H12ClNO2S.C2H6N4/c1-19(2)13-7-3-6-12-11(13)5-4-8-14(12)22(20,21)17-10-9-16-18-15;1-14(2)11-7-3-6-10-9(11)5-4-8-12(10)17(13,15)16;3-1-2-5-6-4/h3-8,17H,9-10H2,1-2H3;3-8H,1-2H3;1-3H2. The van der Waals surface area contributed by atoms with Crippen molar-refractivity contribution in [2.75, 3.05) is 64.2 Å². The van der Waals surface area contributed by atoms with Gasteiger partial charge in [-0.25, -0.2) is 21.6 Å². The van der Waals surface area contributed by atoms with E-state index in [1.165, 1.54) is 6.07 Å². The second-order valence-electron chi connectivity index (χ2n) is 9.58. The van der Waals surface area contributed by atoms with Gasteiger partial charge in [0.1, 0.15) is 0 Å². The van der Waals surface area contributed by atoms with Gasteiger partial charge in [0, 0.05) is 101 Å². The van der Waals surface area contributed by atoms with E-state index in [1.54, 1.807) is 30.3 Å². The number of hydrogen-bond donors (Lipinski definition) is 2. The minimum absolute atomic E-state index is 0.0656. The van der Waals surface area contributed by atoms with Crippen LogP contribution in [0.1, 0.15) is 0 Å². The Morgan fingerprint density at radius 3 is 1.56 bits per heavy atom. The van der Waals surface area contributed by atoms with Gasteiger partial charge in [-0.1, -0.05) is 58.8 Å². The third-order valence-electron chi connectivity index (χ3n) is 6.09. The molecule has 17 heteroatoms. The smallest absolute Gasteiger partial charge is 0.261 e. The number of nitrogens with zero attached hydrogens (tertiary/aromatic N) is 8. The molecular weight excluding hydrogens is 640 g/mol. The van der Waals surface area contributed by atoms with Gasteiger partial charge < -0.3 is 15.5 Å². The summed E-state index contributed by atoms with van der Waals surface area (Å²) in [5, 5.41) is 9.51. The fraction of sp³-hybridized carbons (Fsp3) is 0.286. The topological polar surface area (TPSA) is 210 Å². The van der Waals surface area contributed by atoms with Crippen LogP contribution in [0.3, 0.4) is 0 Å². The summed E-state index contributed by atoms with van der Waals surface area (Å²) in [4.78, 5) is 9.31. The van der Waals surface area contributed by atoms with Gasteiger partial charge in [0.2, 0.25) is 10.0 Å². The highest BCUT2D eigenvalue weighted by atomic mass is 35.7. The van der Waals surface area contributed by atoms with Crippen LogP contribution >= 0.6 is 10.7 Å². The summed E-state index contributed by atoms with van der Waals surface area (Å²) in [7, 11) is 5.70. The number of nitrogens with two attached hydrogens (primary N) is 1. The Hall–Kier alpha value is -4.27. The van der Waals surface area contributed by atoms with Crippen molar-refractivity contribution < 1.29 is 16.8 Å². The van der Waals surface area contributed by atoms with Crippen LogP contribution in [0, 0.1) is 0 Å². The minimum atomic E-state index is -3.72. The molecule has 0 bridgehead atoms. The molecule has 0 aromatic heterocycles. The van der Waals surface area contributed by atoms with Crippen molar-refractivity contribution in [1.29, 1.82) is 0 Å². The molecule has 4 aromatic carbocycles. The molecule has 240 valence electrons. The largest absolute Gasteiger partial charge is 0.377 e. The highest BCUT2D eigenvalue weighted by Crippen LogP contribution is 2.32. The molecule has 0 fully saturated rings. The van der Waals surface area contributed by atoms with Crippen LogP contribution in [0.5, 0.6) is 0 Å². The van der Waals surface area contributed by atoms with E-state index < -0.39 is 19.1 Å². The van der Waals surface area contributed by atoms with Crippen molar-refractivity contribution in [3.63, 3.8) is 0 Å². The average molecular weight is 675 g/mol. The van der Waals surface area contributed by atoms with Crippen molar-refractivity contribution in [2.45, 2.75) is 9.79 Å². The van der Waals surface area contributed by atoms with E-state index in [2.05, 4.69) is 24.8 Å². The van der Waals surface area contributed by atoms with Crippen molar-refractivity contribution >= 4 is 62.7 Å². The van der Waals surface area contributed by atoms with E-state index in [0.717, 1.165) is 22.1 Å². The molecule has 0 amide bonds. The molecular formula is C28H35ClN10O4S2. The fourth-order valence-electron chi connectivity index (χ4n) is 4.21. The molecule has 4 rings (SSSR count). The van der Waals surface area contributed by atoms with Crippen LogP contribution in [-0.2, 0) is 19.1 Å². The second kappa shape index (κ2) is 17.3. The molecule has 0 spiro atoms. The van der Waals surface area contributed by atoms with E-state index in [4.69, 9.17) is 27.5 Å². The highest BCUT2D eigenvalue weighted by Gasteiger charge is 2.18. The average Bonchev–Trinajstić information content (AvgIpc) is 3.01. The van der Waals surface area contributed by atoms with Crippen LogP contribution in [-0.4, -0.2) is 71.2 Å². The molecule has 0 atom stereocenters. The highest BCUT2D eigenvalue weighted by molar-refractivity contribution is 8.14. The summed E-state index contributed by atoms with van der Waals surface area (Å²) in [6.07, 6.45) is 0. The van der Waals surface area contributed by atoms with Gasteiger partial charge in [-0.3, -0.25) is 0 Å². The van der Waals surface area contributed by atoms with Gasteiger partial charge in [0.05, 0.1) is 9.79 Å². The Kier molecular flexibility index (Phi) is 14.2. The first kappa shape index (κ1) is 36.9. The van der Waals surface area contributed by atoms with Crippen LogP contribution in [0.4, 0.5) is 11.4 Å². The lowest BCUT2D eigenvalue weighted by atomic mass is 10.1. The summed E-state index contributed by atoms with van der Waals surface area (Å²) in [6.45, 7) is 0.972. The summed E-state index contributed by atoms with van der Waals surface area (Å²) in [6, 6.07) is 21.4. The van der Waals surface area contributed by atoms with Crippen LogP contribution in [0.25, 0.3) is 42.4 Å². The molecule has 3 N–H and O–H groups in total. The molecule has 0 aliphatic carbocycles. The molecule has 0 heterocycles.